The minimum Gasteiger partial charge on any atom is -0.366 e. The first-order chi connectivity index (χ1) is 8.16. The monoisotopic (exact) mass is 231 g/mol. The predicted molar refractivity (Wildman–Crippen MR) is 69.8 cm³/mol. The van der Waals surface area contributed by atoms with Gasteiger partial charge in [-0.15, -0.1) is 0 Å². The van der Waals surface area contributed by atoms with E-state index in [-0.39, 0.29) is 5.91 Å². The summed E-state index contributed by atoms with van der Waals surface area (Å²) in [7, 11) is 0. The zero-order chi connectivity index (χ0) is 12.3. The van der Waals surface area contributed by atoms with Crippen LogP contribution < -0.4 is 5.73 Å². The molecule has 2 unspecified atom stereocenters. The van der Waals surface area contributed by atoms with E-state index in [2.05, 4.69) is 6.92 Å². The van der Waals surface area contributed by atoms with Crippen LogP contribution in [-0.4, -0.2) is 5.91 Å². The van der Waals surface area contributed by atoms with Gasteiger partial charge in [-0.1, -0.05) is 38.3 Å². The largest absolute Gasteiger partial charge is 0.366 e. The van der Waals surface area contributed by atoms with E-state index in [0.29, 0.717) is 5.56 Å². The first-order valence-electron chi connectivity index (χ1n) is 6.55. The highest BCUT2D eigenvalue weighted by Gasteiger charge is 2.21. The van der Waals surface area contributed by atoms with Crippen LogP contribution in [0.1, 0.15) is 48.5 Å². The van der Waals surface area contributed by atoms with Gasteiger partial charge in [0.15, 0.2) is 0 Å². The van der Waals surface area contributed by atoms with Crippen LogP contribution in [0.4, 0.5) is 0 Å². The zero-order valence-corrected chi connectivity index (χ0v) is 10.5. The maximum Gasteiger partial charge on any atom is 0.248 e. The number of hydrogen-bond donors (Lipinski definition) is 1. The van der Waals surface area contributed by atoms with Gasteiger partial charge in [-0.05, 0) is 42.4 Å². The molecular weight excluding hydrogens is 210 g/mol. The van der Waals surface area contributed by atoms with Gasteiger partial charge >= 0.3 is 0 Å². The molecule has 0 heterocycles. The van der Waals surface area contributed by atoms with E-state index in [1.54, 1.807) is 0 Å². The van der Waals surface area contributed by atoms with Gasteiger partial charge in [-0.25, -0.2) is 0 Å². The van der Waals surface area contributed by atoms with E-state index in [1.165, 1.54) is 31.2 Å². The first kappa shape index (κ1) is 12.2. The summed E-state index contributed by atoms with van der Waals surface area (Å²) in [6, 6.07) is 7.76. The van der Waals surface area contributed by atoms with Gasteiger partial charge in [0, 0.05) is 5.56 Å². The number of rotatable bonds is 3. The van der Waals surface area contributed by atoms with Crippen molar-refractivity contribution in [3.63, 3.8) is 0 Å². The van der Waals surface area contributed by atoms with Crippen LogP contribution in [0.3, 0.4) is 0 Å². The average Bonchev–Trinajstić information content (AvgIpc) is 2.33. The number of benzene rings is 1. The minimum atomic E-state index is -0.345. The standard InChI is InChI=1S/C15H21NO/c1-11-4-2-3-5-14(11)10-12-6-8-13(9-7-12)15(16)17/h6-9,11,14H,2-5,10H2,1H3,(H2,16,17). The maximum absolute atomic E-state index is 11.0. The van der Waals surface area contributed by atoms with Crippen LogP contribution in [0.15, 0.2) is 24.3 Å². The van der Waals surface area contributed by atoms with Crippen LogP contribution >= 0.6 is 0 Å². The number of amides is 1. The lowest BCUT2D eigenvalue weighted by Gasteiger charge is -2.28. The Labute approximate surface area is 103 Å². The summed E-state index contributed by atoms with van der Waals surface area (Å²) in [5, 5.41) is 0. The zero-order valence-electron chi connectivity index (χ0n) is 10.5. The van der Waals surface area contributed by atoms with Crippen molar-refractivity contribution < 1.29 is 4.79 Å². The van der Waals surface area contributed by atoms with Crippen LogP contribution in [-0.2, 0) is 6.42 Å². The Morgan fingerprint density at radius 3 is 2.47 bits per heavy atom. The molecule has 2 nitrogen and oxygen atoms in total. The molecular formula is C15H21NO. The Kier molecular flexibility index (Phi) is 3.82. The van der Waals surface area contributed by atoms with E-state index >= 15 is 0 Å². The van der Waals surface area contributed by atoms with Crippen molar-refractivity contribution in [3.8, 4) is 0 Å². The summed E-state index contributed by atoms with van der Waals surface area (Å²) in [5.74, 6) is 1.30. The Morgan fingerprint density at radius 2 is 1.88 bits per heavy atom. The summed E-state index contributed by atoms with van der Waals surface area (Å²) in [6.07, 6.45) is 6.61. The fraction of sp³-hybridized carbons (Fsp3) is 0.533. The van der Waals surface area contributed by atoms with Gasteiger partial charge in [0.1, 0.15) is 0 Å². The molecule has 17 heavy (non-hydrogen) atoms. The highest BCUT2D eigenvalue weighted by Crippen LogP contribution is 2.32. The van der Waals surface area contributed by atoms with Crippen LogP contribution in [0.5, 0.6) is 0 Å². The van der Waals surface area contributed by atoms with Crippen molar-refractivity contribution in [3.05, 3.63) is 35.4 Å². The third kappa shape index (κ3) is 3.09. The van der Waals surface area contributed by atoms with Gasteiger partial charge in [-0.2, -0.15) is 0 Å². The van der Waals surface area contributed by atoms with E-state index < -0.39 is 0 Å². The second-order valence-electron chi connectivity index (χ2n) is 5.29. The molecule has 0 aromatic heterocycles. The number of hydrogen-bond acceptors (Lipinski definition) is 1. The van der Waals surface area contributed by atoms with Gasteiger partial charge in [0.05, 0.1) is 0 Å². The molecule has 1 aliphatic carbocycles. The molecule has 1 amide bonds. The van der Waals surface area contributed by atoms with Gasteiger partial charge in [0.2, 0.25) is 5.91 Å². The smallest absolute Gasteiger partial charge is 0.248 e. The predicted octanol–water partition coefficient (Wildman–Crippen LogP) is 3.15. The molecule has 0 saturated heterocycles. The van der Waals surface area contributed by atoms with Crippen molar-refractivity contribution in [1.29, 1.82) is 0 Å². The summed E-state index contributed by atoms with van der Waals surface area (Å²) in [5.41, 5.74) is 7.16. The molecule has 92 valence electrons. The quantitative estimate of drug-likeness (QED) is 0.853. The second kappa shape index (κ2) is 5.35. The Balaban J connectivity index is 2.00. The molecule has 2 N–H and O–H groups in total. The summed E-state index contributed by atoms with van der Waals surface area (Å²) < 4.78 is 0. The molecule has 2 atom stereocenters. The van der Waals surface area contributed by atoms with E-state index in [4.69, 9.17) is 5.73 Å². The van der Waals surface area contributed by atoms with Crippen molar-refractivity contribution >= 4 is 5.91 Å². The van der Waals surface area contributed by atoms with Crippen molar-refractivity contribution in [2.24, 2.45) is 17.6 Å². The molecule has 1 fully saturated rings. The molecule has 2 rings (SSSR count). The number of carbonyl (C=O) groups is 1. The molecule has 1 aromatic carbocycles. The van der Waals surface area contributed by atoms with Crippen molar-refractivity contribution in [1.82, 2.24) is 0 Å². The summed E-state index contributed by atoms with van der Waals surface area (Å²) in [4.78, 5) is 11.0. The number of primary amides is 1. The Hall–Kier alpha value is -1.31. The topological polar surface area (TPSA) is 43.1 Å². The van der Waals surface area contributed by atoms with E-state index in [9.17, 15) is 4.79 Å². The maximum atomic E-state index is 11.0. The first-order valence-corrected chi connectivity index (χ1v) is 6.55. The molecule has 0 radical (unpaired) electrons. The molecule has 1 aliphatic rings. The lowest BCUT2D eigenvalue weighted by Crippen LogP contribution is -2.19. The van der Waals surface area contributed by atoms with Crippen LogP contribution in [0.2, 0.25) is 0 Å². The lowest BCUT2D eigenvalue weighted by molar-refractivity contribution is 0.100. The fourth-order valence-corrected chi connectivity index (χ4v) is 2.80. The van der Waals surface area contributed by atoms with Gasteiger partial charge in [-0.3, -0.25) is 4.79 Å². The minimum absolute atomic E-state index is 0.345. The van der Waals surface area contributed by atoms with Gasteiger partial charge < -0.3 is 5.73 Å². The van der Waals surface area contributed by atoms with Crippen molar-refractivity contribution in [2.75, 3.05) is 0 Å². The normalized spacial score (nSPS) is 24.5. The van der Waals surface area contributed by atoms with Gasteiger partial charge in [0.25, 0.3) is 0 Å². The number of carbonyl (C=O) groups excluding carboxylic acids is 1. The Bertz CT molecular complexity index is 382. The lowest BCUT2D eigenvalue weighted by atomic mass is 9.77. The van der Waals surface area contributed by atoms with Crippen molar-refractivity contribution in [2.45, 2.75) is 39.0 Å². The van der Waals surface area contributed by atoms with E-state index in [1.807, 2.05) is 24.3 Å². The molecule has 0 spiro atoms. The summed E-state index contributed by atoms with van der Waals surface area (Å²) >= 11 is 0. The molecule has 1 aromatic rings. The second-order valence-corrected chi connectivity index (χ2v) is 5.29. The third-order valence-electron chi connectivity index (χ3n) is 4.03. The average molecular weight is 231 g/mol. The molecule has 0 aliphatic heterocycles. The van der Waals surface area contributed by atoms with Crippen LogP contribution in [0, 0.1) is 11.8 Å². The highest BCUT2D eigenvalue weighted by molar-refractivity contribution is 5.92. The SMILES string of the molecule is CC1CCCCC1Cc1ccc(C(N)=O)cc1. The molecule has 1 saturated carbocycles. The number of nitrogens with two attached hydrogens (primary N) is 1. The molecule has 2 heteroatoms. The van der Waals surface area contributed by atoms with E-state index in [0.717, 1.165) is 18.3 Å². The summed E-state index contributed by atoms with van der Waals surface area (Å²) in [6.45, 7) is 2.36. The Morgan fingerprint density at radius 1 is 1.24 bits per heavy atom. The van der Waals surface area contributed by atoms with Crippen LogP contribution in [0.25, 0.3) is 0 Å². The third-order valence-corrected chi connectivity index (χ3v) is 4.03. The molecule has 0 bridgehead atoms. The highest BCUT2D eigenvalue weighted by atomic mass is 16.1. The fourth-order valence-electron chi connectivity index (χ4n) is 2.80.